The average molecular weight is 507 g/mol. The van der Waals surface area contributed by atoms with Gasteiger partial charge in [0.15, 0.2) is 23.0 Å². The van der Waals surface area contributed by atoms with Crippen LogP contribution in [0.2, 0.25) is 0 Å². The van der Waals surface area contributed by atoms with E-state index in [1.165, 1.54) is 42.7 Å². The first kappa shape index (κ1) is 25.6. The van der Waals surface area contributed by atoms with Crippen molar-refractivity contribution in [2.24, 2.45) is 0 Å². The molecule has 1 aliphatic rings. The van der Waals surface area contributed by atoms with E-state index >= 15 is 0 Å². The van der Waals surface area contributed by atoms with E-state index in [-0.39, 0.29) is 5.91 Å². The van der Waals surface area contributed by atoms with Gasteiger partial charge in [-0.3, -0.25) is 9.69 Å². The van der Waals surface area contributed by atoms with Gasteiger partial charge in [0.25, 0.3) is 5.91 Å². The molecule has 0 aromatic heterocycles. The number of benzene rings is 3. The molecule has 1 aliphatic heterocycles. The minimum absolute atomic E-state index is 0.259. The lowest BCUT2D eigenvalue weighted by atomic mass is 9.99. The number of hydrogen-bond acceptors (Lipinski definition) is 8. The van der Waals surface area contributed by atoms with Crippen molar-refractivity contribution >= 4 is 23.0 Å². The number of methoxy groups -OCH3 is 6. The molecule has 9 nitrogen and oxygen atoms in total. The SMILES string of the molecule is COc1cc(N(C(=O)C2=CNc3ccccc3C2)c2cc(OC)c(OC)c(OC)c2)cc(OC)c1OC. The lowest BCUT2D eigenvalue weighted by Gasteiger charge is -2.28. The fraction of sp³-hybridized carbons (Fsp3) is 0.250. The number of anilines is 3. The first-order chi connectivity index (χ1) is 18.0. The molecule has 3 aromatic rings. The fourth-order valence-electron chi connectivity index (χ4n) is 4.29. The summed E-state index contributed by atoms with van der Waals surface area (Å²) in [6, 6.07) is 14.7. The first-order valence-electron chi connectivity index (χ1n) is 11.5. The molecule has 0 spiro atoms. The van der Waals surface area contributed by atoms with Crippen LogP contribution in [0.3, 0.4) is 0 Å². The largest absolute Gasteiger partial charge is 0.493 e. The van der Waals surface area contributed by atoms with Gasteiger partial charge in [0.05, 0.1) is 54.0 Å². The summed E-state index contributed by atoms with van der Waals surface area (Å²) in [5, 5.41) is 3.23. The molecule has 0 bridgehead atoms. The highest BCUT2D eigenvalue weighted by Gasteiger charge is 2.29. The molecule has 4 rings (SSSR count). The number of carbonyl (C=O) groups excluding carboxylic acids is 1. The molecule has 37 heavy (non-hydrogen) atoms. The average Bonchev–Trinajstić information content (AvgIpc) is 2.95. The Morgan fingerprint density at radius 2 is 1.16 bits per heavy atom. The Balaban J connectivity index is 1.91. The predicted octanol–water partition coefficient (Wildman–Crippen LogP) is 4.96. The van der Waals surface area contributed by atoms with Crippen molar-refractivity contribution in [3.8, 4) is 34.5 Å². The fourth-order valence-corrected chi connectivity index (χ4v) is 4.29. The third-order valence-corrected chi connectivity index (χ3v) is 6.09. The van der Waals surface area contributed by atoms with E-state index in [9.17, 15) is 4.79 Å². The zero-order valence-electron chi connectivity index (χ0n) is 21.7. The van der Waals surface area contributed by atoms with Crippen LogP contribution in [0.15, 0.2) is 60.3 Å². The maximum Gasteiger partial charge on any atom is 0.260 e. The smallest absolute Gasteiger partial charge is 0.260 e. The standard InChI is InChI=1S/C28H30N2O7/c1-32-22-12-19(13-23(33-2)26(22)36-5)30(20-14-24(34-3)27(37-6)25(15-20)35-4)28(31)18-11-17-9-7-8-10-21(17)29-16-18/h7-10,12-16,29H,11H2,1-6H3. The van der Waals surface area contributed by atoms with Gasteiger partial charge in [-0.25, -0.2) is 0 Å². The van der Waals surface area contributed by atoms with Gasteiger partial charge in [0.1, 0.15) is 0 Å². The van der Waals surface area contributed by atoms with Crippen LogP contribution in [0.1, 0.15) is 5.56 Å². The summed E-state index contributed by atoms with van der Waals surface area (Å²) in [4.78, 5) is 15.8. The van der Waals surface area contributed by atoms with Crippen molar-refractivity contribution in [1.82, 2.24) is 0 Å². The Bertz CT molecular complexity index is 1220. The van der Waals surface area contributed by atoms with Gasteiger partial charge in [0.2, 0.25) is 11.5 Å². The zero-order valence-corrected chi connectivity index (χ0v) is 21.7. The zero-order chi connectivity index (χ0) is 26.5. The van der Waals surface area contributed by atoms with E-state index in [2.05, 4.69) is 5.32 Å². The van der Waals surface area contributed by atoms with Crippen molar-refractivity contribution in [3.63, 3.8) is 0 Å². The third-order valence-electron chi connectivity index (χ3n) is 6.09. The van der Waals surface area contributed by atoms with E-state index in [0.717, 1.165) is 11.3 Å². The van der Waals surface area contributed by atoms with Gasteiger partial charge < -0.3 is 33.7 Å². The number of ether oxygens (including phenoxy) is 6. The summed E-state index contributed by atoms with van der Waals surface area (Å²) in [7, 11) is 9.15. The monoisotopic (exact) mass is 506 g/mol. The molecule has 0 atom stereocenters. The second-order valence-corrected chi connectivity index (χ2v) is 8.06. The lowest BCUT2D eigenvalue weighted by Crippen LogP contribution is -2.30. The van der Waals surface area contributed by atoms with E-state index < -0.39 is 0 Å². The van der Waals surface area contributed by atoms with E-state index in [0.29, 0.717) is 57.9 Å². The summed E-state index contributed by atoms with van der Waals surface area (Å²) in [5.74, 6) is 2.19. The van der Waals surface area contributed by atoms with Crippen molar-refractivity contribution < 1.29 is 33.2 Å². The Morgan fingerprint density at radius 1 is 0.703 bits per heavy atom. The summed E-state index contributed by atoms with van der Waals surface area (Å²) in [5.41, 5.74) is 3.53. The summed E-state index contributed by atoms with van der Waals surface area (Å²) < 4.78 is 33.2. The van der Waals surface area contributed by atoms with Crippen molar-refractivity contribution in [1.29, 1.82) is 0 Å². The van der Waals surface area contributed by atoms with Crippen molar-refractivity contribution in [2.45, 2.75) is 6.42 Å². The van der Waals surface area contributed by atoms with Crippen molar-refractivity contribution in [2.75, 3.05) is 52.9 Å². The highest BCUT2D eigenvalue weighted by Crippen LogP contribution is 2.46. The third kappa shape index (κ3) is 4.80. The normalized spacial score (nSPS) is 11.9. The number of carbonyl (C=O) groups is 1. The molecule has 194 valence electrons. The maximum atomic E-state index is 14.2. The van der Waals surface area contributed by atoms with E-state index in [1.54, 1.807) is 35.4 Å². The summed E-state index contributed by atoms with van der Waals surface area (Å²) >= 11 is 0. The van der Waals surface area contributed by atoms with E-state index in [1.807, 2.05) is 24.3 Å². The minimum atomic E-state index is -0.259. The molecule has 0 aliphatic carbocycles. The molecular weight excluding hydrogens is 476 g/mol. The number of rotatable bonds is 9. The molecule has 0 saturated heterocycles. The van der Waals surface area contributed by atoms with Crippen LogP contribution in [0.5, 0.6) is 34.5 Å². The quantitative estimate of drug-likeness (QED) is 0.436. The van der Waals surface area contributed by atoms with Crippen LogP contribution in [-0.4, -0.2) is 48.6 Å². The molecule has 0 unspecified atom stereocenters. The van der Waals surface area contributed by atoms with Crippen molar-refractivity contribution in [3.05, 3.63) is 65.9 Å². The Morgan fingerprint density at radius 3 is 1.59 bits per heavy atom. The van der Waals surface area contributed by atoms with Crippen LogP contribution in [0, 0.1) is 0 Å². The molecule has 3 aromatic carbocycles. The number of fused-ring (bicyclic) bond motifs is 1. The number of amides is 1. The van der Waals surface area contributed by atoms with Gasteiger partial charge in [-0.05, 0) is 11.6 Å². The topological polar surface area (TPSA) is 87.7 Å². The molecule has 0 fully saturated rings. The number of nitrogens with zero attached hydrogens (tertiary/aromatic N) is 1. The number of nitrogens with one attached hydrogen (secondary N) is 1. The second kappa shape index (κ2) is 11.0. The highest BCUT2D eigenvalue weighted by atomic mass is 16.5. The highest BCUT2D eigenvalue weighted by molar-refractivity contribution is 6.12. The first-order valence-corrected chi connectivity index (χ1v) is 11.5. The Labute approximate surface area is 216 Å². The second-order valence-electron chi connectivity index (χ2n) is 8.06. The van der Waals surface area contributed by atoms with E-state index in [4.69, 9.17) is 28.4 Å². The molecule has 1 heterocycles. The Kier molecular flexibility index (Phi) is 7.62. The van der Waals surface area contributed by atoms with Crippen LogP contribution in [0.25, 0.3) is 0 Å². The maximum absolute atomic E-state index is 14.2. The molecule has 9 heteroatoms. The van der Waals surface area contributed by atoms with Crippen LogP contribution < -0.4 is 38.6 Å². The predicted molar refractivity (Wildman–Crippen MR) is 141 cm³/mol. The van der Waals surface area contributed by atoms with Crippen LogP contribution in [-0.2, 0) is 11.2 Å². The summed E-state index contributed by atoms with van der Waals surface area (Å²) in [6.45, 7) is 0. The Hall–Kier alpha value is -4.53. The van der Waals surface area contributed by atoms with Crippen LogP contribution in [0.4, 0.5) is 17.1 Å². The molecule has 1 N–H and O–H groups in total. The lowest BCUT2D eigenvalue weighted by molar-refractivity contribution is -0.114. The molecule has 1 amide bonds. The number of para-hydroxylation sites is 1. The molecule has 0 saturated carbocycles. The van der Waals surface area contributed by atoms with Gasteiger partial charge in [0, 0.05) is 48.1 Å². The number of hydrogen-bond donors (Lipinski definition) is 1. The van der Waals surface area contributed by atoms with Gasteiger partial charge in [-0.2, -0.15) is 0 Å². The van der Waals surface area contributed by atoms with Gasteiger partial charge in [-0.15, -0.1) is 0 Å². The van der Waals surface area contributed by atoms with Crippen LogP contribution >= 0.6 is 0 Å². The molecule has 0 radical (unpaired) electrons. The summed E-state index contributed by atoms with van der Waals surface area (Å²) in [6.07, 6.45) is 2.18. The minimum Gasteiger partial charge on any atom is -0.493 e. The van der Waals surface area contributed by atoms with Gasteiger partial charge in [-0.1, -0.05) is 18.2 Å². The molecular formula is C28H30N2O7. The van der Waals surface area contributed by atoms with Gasteiger partial charge >= 0.3 is 0 Å².